The van der Waals surface area contributed by atoms with Crippen LogP contribution in [0.2, 0.25) is 0 Å². The van der Waals surface area contributed by atoms with Crippen LogP contribution in [0.1, 0.15) is 30.0 Å². The van der Waals surface area contributed by atoms with E-state index < -0.39 is 18.4 Å². The molecule has 5 heteroatoms. The molecule has 1 atom stereocenters. The third-order valence-corrected chi connectivity index (χ3v) is 3.53. The van der Waals surface area contributed by atoms with Gasteiger partial charge in [-0.1, -0.05) is 36.4 Å². The van der Waals surface area contributed by atoms with Gasteiger partial charge < -0.3 is 5.73 Å². The van der Waals surface area contributed by atoms with Crippen molar-refractivity contribution >= 4 is 0 Å². The molecule has 2 aromatic rings. The van der Waals surface area contributed by atoms with Gasteiger partial charge in [-0.3, -0.25) is 4.39 Å². The van der Waals surface area contributed by atoms with E-state index in [1.165, 1.54) is 12.1 Å². The molecule has 2 N–H and O–H groups in total. The molecule has 0 spiro atoms. The van der Waals surface area contributed by atoms with E-state index in [2.05, 4.69) is 0 Å². The van der Waals surface area contributed by atoms with Crippen LogP contribution in [0.15, 0.2) is 48.5 Å². The Morgan fingerprint density at radius 3 is 1.82 bits per heavy atom. The van der Waals surface area contributed by atoms with Gasteiger partial charge in [0.05, 0.1) is 12.2 Å². The summed E-state index contributed by atoms with van der Waals surface area (Å²) in [5.74, 6) is 0. The van der Waals surface area contributed by atoms with Crippen molar-refractivity contribution in [3.8, 4) is 11.1 Å². The Balaban J connectivity index is 2.13. The Bertz CT molecular complexity index is 588. The van der Waals surface area contributed by atoms with E-state index in [9.17, 15) is 17.6 Å². The third-order valence-electron chi connectivity index (χ3n) is 3.53. The molecule has 0 bridgehead atoms. The molecule has 2 rings (SSSR count). The summed E-state index contributed by atoms with van der Waals surface area (Å²) in [4.78, 5) is 0. The second-order valence-corrected chi connectivity index (χ2v) is 5.13. The van der Waals surface area contributed by atoms with Crippen LogP contribution in [0.5, 0.6) is 0 Å². The van der Waals surface area contributed by atoms with Crippen LogP contribution in [0.4, 0.5) is 17.6 Å². The van der Waals surface area contributed by atoms with Crippen LogP contribution >= 0.6 is 0 Å². The molecule has 0 aromatic heterocycles. The zero-order valence-electron chi connectivity index (χ0n) is 11.9. The van der Waals surface area contributed by atoms with E-state index in [-0.39, 0.29) is 6.04 Å². The minimum Gasteiger partial charge on any atom is -0.324 e. The minimum atomic E-state index is -4.33. The van der Waals surface area contributed by atoms with Crippen LogP contribution in [-0.2, 0) is 6.18 Å². The van der Waals surface area contributed by atoms with Gasteiger partial charge in [0, 0.05) is 6.04 Å². The molecular formula is C17H17F4N. The Labute approximate surface area is 126 Å². The fourth-order valence-electron chi connectivity index (χ4n) is 2.24. The Morgan fingerprint density at radius 2 is 1.36 bits per heavy atom. The van der Waals surface area contributed by atoms with Gasteiger partial charge in [-0.2, -0.15) is 13.2 Å². The summed E-state index contributed by atoms with van der Waals surface area (Å²) in [6.45, 7) is -0.392. The zero-order valence-corrected chi connectivity index (χ0v) is 11.9. The molecule has 0 aliphatic rings. The van der Waals surface area contributed by atoms with Crippen molar-refractivity contribution in [2.24, 2.45) is 5.73 Å². The lowest BCUT2D eigenvalue weighted by Crippen LogP contribution is -2.10. The molecule has 0 fully saturated rings. The molecule has 1 nitrogen and oxygen atoms in total. The first-order chi connectivity index (χ1) is 10.4. The van der Waals surface area contributed by atoms with Crippen molar-refractivity contribution in [1.82, 2.24) is 0 Å². The van der Waals surface area contributed by atoms with Crippen LogP contribution in [0, 0.1) is 0 Å². The second-order valence-electron chi connectivity index (χ2n) is 5.13. The fraction of sp³-hybridized carbons (Fsp3) is 0.294. The first kappa shape index (κ1) is 16.5. The maximum absolute atomic E-state index is 12.5. The van der Waals surface area contributed by atoms with E-state index in [1.54, 1.807) is 0 Å². The minimum absolute atomic E-state index is 0.225. The van der Waals surface area contributed by atoms with Gasteiger partial charge in [-0.25, -0.2) is 0 Å². The van der Waals surface area contributed by atoms with Gasteiger partial charge in [0.25, 0.3) is 0 Å². The van der Waals surface area contributed by atoms with Gasteiger partial charge in [0.1, 0.15) is 0 Å². The van der Waals surface area contributed by atoms with Gasteiger partial charge in [-0.15, -0.1) is 0 Å². The van der Waals surface area contributed by atoms with Crippen LogP contribution < -0.4 is 5.73 Å². The Kier molecular flexibility index (Phi) is 5.19. The summed E-state index contributed by atoms with van der Waals surface area (Å²) in [7, 11) is 0. The summed E-state index contributed by atoms with van der Waals surface area (Å²) < 4.78 is 49.7. The van der Waals surface area contributed by atoms with Crippen molar-refractivity contribution in [1.29, 1.82) is 0 Å². The summed E-state index contributed by atoms with van der Waals surface area (Å²) in [5.41, 5.74) is 7.69. The predicted octanol–water partition coefficient (Wildman–Crippen LogP) is 5.12. The molecule has 0 aliphatic heterocycles. The lowest BCUT2D eigenvalue weighted by Gasteiger charge is -2.12. The number of hydrogen-bond donors (Lipinski definition) is 1. The second kappa shape index (κ2) is 6.92. The summed E-state index contributed by atoms with van der Waals surface area (Å²) in [5, 5.41) is 0. The Morgan fingerprint density at radius 1 is 0.864 bits per heavy atom. The molecule has 0 amide bonds. The smallest absolute Gasteiger partial charge is 0.324 e. The van der Waals surface area contributed by atoms with E-state index in [0.29, 0.717) is 18.4 Å². The fourth-order valence-corrected chi connectivity index (χ4v) is 2.24. The zero-order chi connectivity index (χ0) is 16.2. The molecule has 0 saturated heterocycles. The van der Waals surface area contributed by atoms with E-state index in [0.717, 1.165) is 23.3 Å². The number of hydrogen-bond acceptors (Lipinski definition) is 1. The van der Waals surface area contributed by atoms with Crippen molar-refractivity contribution in [2.45, 2.75) is 25.1 Å². The number of nitrogens with two attached hydrogens (primary N) is 1. The normalized spacial score (nSPS) is 13.1. The van der Waals surface area contributed by atoms with E-state index in [4.69, 9.17) is 5.73 Å². The van der Waals surface area contributed by atoms with Crippen molar-refractivity contribution in [3.05, 3.63) is 59.7 Å². The number of halogens is 4. The molecule has 118 valence electrons. The van der Waals surface area contributed by atoms with E-state index in [1.807, 2.05) is 24.3 Å². The standard InChI is InChI=1S/C17H17F4N/c18-11-1-2-16(22)14-5-3-12(4-6-14)13-7-9-15(10-8-13)17(19,20)21/h3-10,16H,1-2,11,22H2. The number of rotatable bonds is 5. The quantitative estimate of drug-likeness (QED) is 0.762. The van der Waals surface area contributed by atoms with E-state index >= 15 is 0 Å². The molecule has 1 unspecified atom stereocenters. The SMILES string of the molecule is NC(CCCF)c1ccc(-c2ccc(C(F)(F)F)cc2)cc1. The highest BCUT2D eigenvalue weighted by molar-refractivity contribution is 5.64. The van der Waals surface area contributed by atoms with Gasteiger partial charge in [0.15, 0.2) is 0 Å². The molecular weight excluding hydrogens is 294 g/mol. The average Bonchev–Trinajstić information content (AvgIpc) is 2.52. The van der Waals surface area contributed by atoms with Gasteiger partial charge in [0.2, 0.25) is 0 Å². The molecule has 2 aromatic carbocycles. The molecule has 0 heterocycles. The van der Waals surface area contributed by atoms with Gasteiger partial charge >= 0.3 is 6.18 Å². The number of alkyl halides is 4. The first-order valence-corrected chi connectivity index (χ1v) is 7.01. The van der Waals surface area contributed by atoms with Crippen molar-refractivity contribution in [3.63, 3.8) is 0 Å². The Hall–Kier alpha value is -1.88. The van der Waals surface area contributed by atoms with Gasteiger partial charge in [-0.05, 0) is 41.7 Å². The molecule has 0 aliphatic carbocycles. The van der Waals surface area contributed by atoms with Crippen molar-refractivity contribution in [2.75, 3.05) is 6.67 Å². The molecule has 22 heavy (non-hydrogen) atoms. The maximum Gasteiger partial charge on any atom is 0.416 e. The first-order valence-electron chi connectivity index (χ1n) is 7.01. The number of benzene rings is 2. The largest absolute Gasteiger partial charge is 0.416 e. The summed E-state index contributed by atoms with van der Waals surface area (Å²) >= 11 is 0. The topological polar surface area (TPSA) is 26.0 Å². The lowest BCUT2D eigenvalue weighted by molar-refractivity contribution is -0.137. The van der Waals surface area contributed by atoms with Crippen LogP contribution in [-0.4, -0.2) is 6.67 Å². The summed E-state index contributed by atoms with van der Waals surface area (Å²) in [6, 6.07) is 12.1. The molecule has 0 radical (unpaired) electrons. The van der Waals surface area contributed by atoms with Crippen molar-refractivity contribution < 1.29 is 17.6 Å². The summed E-state index contributed by atoms with van der Waals surface area (Å²) in [6.07, 6.45) is -3.34. The third kappa shape index (κ3) is 4.07. The molecule has 0 saturated carbocycles. The maximum atomic E-state index is 12.5. The average molecular weight is 311 g/mol. The lowest BCUT2D eigenvalue weighted by atomic mass is 9.98. The predicted molar refractivity (Wildman–Crippen MR) is 79.0 cm³/mol. The van der Waals surface area contributed by atoms with Crippen LogP contribution in [0.25, 0.3) is 11.1 Å². The van der Waals surface area contributed by atoms with Crippen LogP contribution in [0.3, 0.4) is 0 Å². The highest BCUT2D eigenvalue weighted by Gasteiger charge is 2.29. The highest BCUT2D eigenvalue weighted by atomic mass is 19.4. The highest BCUT2D eigenvalue weighted by Crippen LogP contribution is 2.31. The monoisotopic (exact) mass is 311 g/mol.